The summed E-state index contributed by atoms with van der Waals surface area (Å²) in [5, 5.41) is 16.1. The van der Waals surface area contributed by atoms with Crippen LogP contribution in [0.25, 0.3) is 10.9 Å². The van der Waals surface area contributed by atoms with Crippen LogP contribution >= 0.6 is 11.6 Å². The van der Waals surface area contributed by atoms with Crippen LogP contribution in [0.5, 0.6) is 5.75 Å². The number of hydrogen-bond acceptors (Lipinski definition) is 8. The molecular formula is C28H29ClFN5O4. The van der Waals surface area contributed by atoms with Crippen LogP contribution in [0.15, 0.2) is 48.8 Å². The van der Waals surface area contributed by atoms with E-state index in [-0.39, 0.29) is 23.6 Å². The van der Waals surface area contributed by atoms with E-state index in [1.165, 1.54) is 24.5 Å². The van der Waals surface area contributed by atoms with Crippen LogP contribution in [0, 0.1) is 23.6 Å². The summed E-state index contributed by atoms with van der Waals surface area (Å²) in [5.74, 6) is 1.71. The molecule has 204 valence electrons. The van der Waals surface area contributed by atoms with Crippen molar-refractivity contribution >= 4 is 45.6 Å². The molecule has 6 rings (SSSR count). The standard InChI is InChI=1S/C28H29ClFN5O4/c29-22-8-16(3-4-23(22)30)33-28-18-9-25(34-27(37)2-1-6-35-7-5-17(35)11-36)26(10-24(18)31-15-32-28)39-14-21-19-12-38-13-20(19)21/h1-4,8-10,15,17,19-21,36H,5-7,11-14H2,(H,34,37)(H,31,32,33)/b2-1+/t17?,19-,20+,21?. The van der Waals surface area contributed by atoms with Crippen LogP contribution < -0.4 is 15.4 Å². The summed E-state index contributed by atoms with van der Waals surface area (Å²) in [6.45, 7) is 3.70. The third kappa shape index (κ3) is 5.56. The molecule has 3 aliphatic rings. The summed E-state index contributed by atoms with van der Waals surface area (Å²) < 4.78 is 25.4. The van der Waals surface area contributed by atoms with Gasteiger partial charge in [0.05, 0.1) is 42.7 Å². The lowest BCUT2D eigenvalue weighted by Gasteiger charge is -2.39. The van der Waals surface area contributed by atoms with Crippen molar-refractivity contribution in [1.29, 1.82) is 0 Å². The molecule has 4 atom stereocenters. The zero-order chi connectivity index (χ0) is 26.9. The number of hydrogen-bond donors (Lipinski definition) is 3. The highest BCUT2D eigenvalue weighted by molar-refractivity contribution is 6.31. The fourth-order valence-corrected chi connectivity index (χ4v) is 5.49. The number of nitrogens with one attached hydrogen (secondary N) is 2. The van der Waals surface area contributed by atoms with Gasteiger partial charge in [0.15, 0.2) is 0 Å². The van der Waals surface area contributed by atoms with Gasteiger partial charge in [-0.25, -0.2) is 14.4 Å². The number of aliphatic hydroxyl groups is 1. The van der Waals surface area contributed by atoms with Crippen molar-refractivity contribution in [3.63, 3.8) is 0 Å². The highest BCUT2D eigenvalue weighted by Gasteiger charge is 2.54. The van der Waals surface area contributed by atoms with Crippen molar-refractivity contribution in [3.05, 3.63) is 59.7 Å². The highest BCUT2D eigenvalue weighted by Crippen LogP contribution is 2.51. The van der Waals surface area contributed by atoms with Crippen molar-refractivity contribution < 1.29 is 23.8 Å². The molecule has 1 saturated carbocycles. The number of nitrogens with zero attached hydrogens (tertiary/aromatic N) is 3. The van der Waals surface area contributed by atoms with Crippen molar-refractivity contribution in [2.45, 2.75) is 12.5 Å². The van der Waals surface area contributed by atoms with Crippen LogP contribution in [0.3, 0.4) is 0 Å². The Balaban J connectivity index is 1.24. The lowest BCUT2D eigenvalue weighted by molar-refractivity contribution is -0.111. The molecule has 2 aromatic carbocycles. The number of fused-ring (bicyclic) bond motifs is 2. The zero-order valence-corrected chi connectivity index (χ0v) is 21.9. The molecule has 1 aliphatic carbocycles. The summed E-state index contributed by atoms with van der Waals surface area (Å²) in [4.78, 5) is 23.7. The molecule has 0 bridgehead atoms. The molecule has 2 aliphatic heterocycles. The molecule has 2 saturated heterocycles. The van der Waals surface area contributed by atoms with Gasteiger partial charge in [-0.05, 0) is 42.5 Å². The smallest absolute Gasteiger partial charge is 0.248 e. The Hall–Kier alpha value is -3.31. The van der Waals surface area contributed by atoms with E-state index in [9.17, 15) is 14.3 Å². The van der Waals surface area contributed by atoms with Crippen LogP contribution in [-0.4, -0.2) is 71.4 Å². The third-order valence-corrected chi connectivity index (χ3v) is 8.11. The topological polar surface area (TPSA) is 109 Å². The molecule has 3 heterocycles. The molecule has 3 N–H and O–H groups in total. The van der Waals surface area contributed by atoms with Crippen LogP contribution in [0.2, 0.25) is 5.02 Å². The monoisotopic (exact) mass is 553 g/mol. The Bertz CT molecular complexity index is 1410. The second-order valence-corrected chi connectivity index (χ2v) is 10.6. The van der Waals surface area contributed by atoms with Gasteiger partial charge < -0.3 is 25.2 Å². The Morgan fingerprint density at radius 1 is 1.26 bits per heavy atom. The largest absolute Gasteiger partial charge is 0.491 e. The molecular weight excluding hydrogens is 525 g/mol. The molecule has 2 unspecified atom stereocenters. The van der Waals surface area contributed by atoms with Gasteiger partial charge in [0.1, 0.15) is 23.7 Å². The first-order valence-electron chi connectivity index (χ1n) is 13.0. The predicted molar refractivity (Wildman–Crippen MR) is 146 cm³/mol. The maximum Gasteiger partial charge on any atom is 0.248 e. The van der Waals surface area contributed by atoms with Gasteiger partial charge in [-0.3, -0.25) is 9.69 Å². The van der Waals surface area contributed by atoms with E-state index in [0.29, 0.717) is 64.8 Å². The lowest BCUT2D eigenvalue weighted by atomic mass is 10.0. The maximum atomic E-state index is 13.6. The Morgan fingerprint density at radius 3 is 2.85 bits per heavy atom. The Morgan fingerprint density at radius 2 is 2.10 bits per heavy atom. The lowest BCUT2D eigenvalue weighted by Crippen LogP contribution is -2.49. The summed E-state index contributed by atoms with van der Waals surface area (Å²) in [5.41, 5.74) is 1.67. The molecule has 9 nitrogen and oxygen atoms in total. The Kier molecular flexibility index (Phi) is 7.35. The summed E-state index contributed by atoms with van der Waals surface area (Å²) >= 11 is 5.95. The van der Waals surface area contributed by atoms with Crippen LogP contribution in [0.4, 0.5) is 21.6 Å². The van der Waals surface area contributed by atoms with E-state index in [4.69, 9.17) is 21.1 Å². The van der Waals surface area contributed by atoms with Gasteiger partial charge >= 0.3 is 0 Å². The average Bonchev–Trinajstić information content (AvgIpc) is 3.32. The maximum absolute atomic E-state index is 13.6. The van der Waals surface area contributed by atoms with Crippen LogP contribution in [0.1, 0.15) is 6.42 Å². The fourth-order valence-electron chi connectivity index (χ4n) is 5.31. The van der Waals surface area contributed by atoms with E-state index < -0.39 is 5.82 Å². The van der Waals surface area contributed by atoms with Gasteiger partial charge in [-0.1, -0.05) is 17.7 Å². The highest BCUT2D eigenvalue weighted by atomic mass is 35.5. The first-order valence-corrected chi connectivity index (χ1v) is 13.4. The van der Waals surface area contributed by atoms with E-state index in [0.717, 1.165) is 26.2 Å². The number of ether oxygens (including phenoxy) is 2. The van der Waals surface area contributed by atoms with Crippen molar-refractivity contribution in [2.75, 3.05) is 50.2 Å². The molecule has 1 amide bonds. The minimum atomic E-state index is -0.512. The molecule has 0 spiro atoms. The molecule has 11 heteroatoms. The van der Waals surface area contributed by atoms with Crippen molar-refractivity contribution in [1.82, 2.24) is 14.9 Å². The van der Waals surface area contributed by atoms with E-state index in [2.05, 4.69) is 25.5 Å². The fraction of sp³-hybridized carbons (Fsp3) is 0.393. The minimum Gasteiger partial charge on any atom is -0.491 e. The number of carbonyl (C=O) groups is 1. The van der Waals surface area contributed by atoms with Gasteiger partial charge in [0, 0.05) is 48.3 Å². The minimum absolute atomic E-state index is 0.00688. The number of carbonyl (C=O) groups excluding carboxylic acids is 1. The first-order chi connectivity index (χ1) is 19.0. The van der Waals surface area contributed by atoms with Crippen molar-refractivity contribution in [3.8, 4) is 5.75 Å². The second kappa shape index (κ2) is 11.1. The number of anilines is 3. The SMILES string of the molecule is O=C(/C=C/CN1CCC1CO)Nc1cc2c(Nc3ccc(F)c(Cl)c3)ncnc2cc1OCC1[C@H]2COC[C@@H]12. The average molecular weight is 554 g/mol. The molecule has 0 radical (unpaired) electrons. The van der Waals surface area contributed by atoms with Gasteiger partial charge in [0.2, 0.25) is 5.91 Å². The number of aliphatic hydroxyl groups excluding tert-OH is 1. The number of amides is 1. The number of likely N-dealkylation sites (tertiary alicyclic amines) is 1. The Labute approximate surface area is 230 Å². The van der Waals surface area contributed by atoms with Crippen molar-refractivity contribution in [2.24, 2.45) is 17.8 Å². The normalized spacial score (nSPS) is 24.0. The van der Waals surface area contributed by atoms with Crippen LogP contribution in [-0.2, 0) is 9.53 Å². The molecule has 39 heavy (non-hydrogen) atoms. The number of benzene rings is 2. The first kappa shape index (κ1) is 25.9. The van der Waals surface area contributed by atoms with Gasteiger partial charge in [-0.2, -0.15) is 0 Å². The van der Waals surface area contributed by atoms with Gasteiger partial charge in [-0.15, -0.1) is 0 Å². The molecule has 3 fully saturated rings. The van der Waals surface area contributed by atoms with E-state index in [1.54, 1.807) is 24.3 Å². The summed E-state index contributed by atoms with van der Waals surface area (Å²) in [6, 6.07) is 8.05. The molecule has 1 aromatic heterocycles. The number of halogens is 2. The summed E-state index contributed by atoms with van der Waals surface area (Å²) in [7, 11) is 0. The number of aromatic nitrogens is 2. The van der Waals surface area contributed by atoms with E-state index >= 15 is 0 Å². The predicted octanol–water partition coefficient (Wildman–Crippen LogP) is 4.00. The number of rotatable bonds is 10. The van der Waals surface area contributed by atoms with E-state index in [1.807, 2.05) is 0 Å². The quantitative estimate of drug-likeness (QED) is 0.323. The zero-order valence-electron chi connectivity index (χ0n) is 21.1. The third-order valence-electron chi connectivity index (χ3n) is 7.82. The van der Waals surface area contributed by atoms with Gasteiger partial charge in [0.25, 0.3) is 0 Å². The molecule has 3 aromatic rings. The second-order valence-electron chi connectivity index (χ2n) is 10.2. The summed E-state index contributed by atoms with van der Waals surface area (Å²) in [6.07, 6.45) is 5.67.